The molecule has 0 fully saturated rings. The summed E-state index contributed by atoms with van der Waals surface area (Å²) in [6.45, 7) is 3.72. The van der Waals surface area contributed by atoms with Crippen molar-refractivity contribution in [1.82, 2.24) is 0 Å². The SMILES string of the molecule is CCOC(=O)C1Cc2ccc(OC)cc2CC(C(=O)OCC)C1=O. The van der Waals surface area contributed by atoms with Crippen LogP contribution in [0.5, 0.6) is 5.75 Å². The van der Waals surface area contributed by atoms with Crippen LogP contribution >= 0.6 is 0 Å². The molecule has 2 unspecified atom stereocenters. The molecule has 1 aliphatic rings. The molecule has 2 rings (SSSR count). The first-order valence-corrected chi connectivity index (χ1v) is 8.04. The number of fused-ring (bicyclic) bond motifs is 1. The number of hydrogen-bond acceptors (Lipinski definition) is 6. The molecule has 0 aromatic heterocycles. The third-order valence-electron chi connectivity index (χ3n) is 4.09. The van der Waals surface area contributed by atoms with Crippen LogP contribution in [-0.2, 0) is 36.7 Å². The maximum Gasteiger partial charge on any atom is 0.316 e. The summed E-state index contributed by atoms with van der Waals surface area (Å²) in [4.78, 5) is 37.2. The molecule has 0 N–H and O–H groups in total. The molecule has 6 heteroatoms. The third kappa shape index (κ3) is 3.75. The van der Waals surface area contributed by atoms with E-state index in [4.69, 9.17) is 14.2 Å². The number of carbonyl (C=O) groups excluding carboxylic acids is 3. The maximum atomic E-state index is 12.8. The van der Waals surface area contributed by atoms with Gasteiger partial charge in [-0.05, 0) is 49.9 Å². The molecule has 0 amide bonds. The van der Waals surface area contributed by atoms with Gasteiger partial charge in [-0.25, -0.2) is 0 Å². The molecule has 1 aromatic rings. The fourth-order valence-electron chi connectivity index (χ4n) is 2.89. The fraction of sp³-hybridized carbons (Fsp3) is 0.500. The van der Waals surface area contributed by atoms with Crippen LogP contribution in [0.1, 0.15) is 25.0 Å². The maximum absolute atomic E-state index is 12.8. The Bertz CT molecular complexity index is 636. The van der Waals surface area contributed by atoms with E-state index < -0.39 is 29.6 Å². The molecule has 0 saturated carbocycles. The van der Waals surface area contributed by atoms with Crippen molar-refractivity contribution in [2.75, 3.05) is 20.3 Å². The highest BCUT2D eigenvalue weighted by molar-refractivity contribution is 6.09. The molecule has 1 aliphatic carbocycles. The van der Waals surface area contributed by atoms with Crippen LogP contribution in [-0.4, -0.2) is 38.0 Å². The van der Waals surface area contributed by atoms with Gasteiger partial charge in [-0.3, -0.25) is 14.4 Å². The molecule has 0 saturated heterocycles. The molecular formula is C18H22O6. The number of carbonyl (C=O) groups is 3. The average molecular weight is 334 g/mol. The van der Waals surface area contributed by atoms with Crippen molar-refractivity contribution < 1.29 is 28.6 Å². The van der Waals surface area contributed by atoms with Gasteiger partial charge in [-0.2, -0.15) is 0 Å². The lowest BCUT2D eigenvalue weighted by Gasteiger charge is -2.16. The molecule has 0 aliphatic heterocycles. The van der Waals surface area contributed by atoms with Crippen LogP contribution in [0.15, 0.2) is 18.2 Å². The van der Waals surface area contributed by atoms with Crippen molar-refractivity contribution in [1.29, 1.82) is 0 Å². The predicted molar refractivity (Wildman–Crippen MR) is 85.7 cm³/mol. The molecule has 24 heavy (non-hydrogen) atoms. The molecule has 130 valence electrons. The van der Waals surface area contributed by atoms with Crippen LogP contribution in [0.2, 0.25) is 0 Å². The number of rotatable bonds is 5. The summed E-state index contributed by atoms with van der Waals surface area (Å²) in [5.74, 6) is -3.00. The van der Waals surface area contributed by atoms with Crippen LogP contribution in [0, 0.1) is 11.8 Å². The zero-order chi connectivity index (χ0) is 17.7. The first-order chi connectivity index (χ1) is 11.5. The van der Waals surface area contributed by atoms with Crippen LogP contribution in [0.3, 0.4) is 0 Å². The van der Waals surface area contributed by atoms with E-state index in [0.717, 1.165) is 11.1 Å². The Hall–Kier alpha value is -2.37. The van der Waals surface area contributed by atoms with E-state index in [-0.39, 0.29) is 26.1 Å². The van der Waals surface area contributed by atoms with Gasteiger partial charge >= 0.3 is 11.9 Å². The van der Waals surface area contributed by atoms with Crippen LogP contribution < -0.4 is 4.74 Å². The minimum atomic E-state index is -1.01. The van der Waals surface area contributed by atoms with Crippen LogP contribution in [0.25, 0.3) is 0 Å². The number of hydrogen-bond donors (Lipinski definition) is 0. The second kappa shape index (κ2) is 7.95. The number of ketones is 1. The Morgan fingerprint density at radius 3 is 2.04 bits per heavy atom. The van der Waals surface area contributed by atoms with Crippen molar-refractivity contribution in [2.45, 2.75) is 26.7 Å². The minimum Gasteiger partial charge on any atom is -0.497 e. The van der Waals surface area contributed by atoms with E-state index >= 15 is 0 Å². The van der Waals surface area contributed by atoms with Crippen molar-refractivity contribution in [3.8, 4) is 5.75 Å². The minimum absolute atomic E-state index is 0.178. The lowest BCUT2D eigenvalue weighted by molar-refractivity contribution is -0.157. The smallest absolute Gasteiger partial charge is 0.316 e. The highest BCUT2D eigenvalue weighted by atomic mass is 16.5. The molecule has 0 spiro atoms. The van der Waals surface area contributed by atoms with Crippen molar-refractivity contribution in [3.05, 3.63) is 29.3 Å². The topological polar surface area (TPSA) is 78.9 Å². The standard InChI is InChI=1S/C18H22O6/c1-4-23-17(20)14-9-11-6-7-13(22-3)8-12(11)10-15(16(14)19)18(21)24-5-2/h6-8,14-15H,4-5,9-10H2,1-3H3. The Morgan fingerprint density at radius 2 is 1.54 bits per heavy atom. The van der Waals surface area contributed by atoms with E-state index in [9.17, 15) is 14.4 Å². The first-order valence-electron chi connectivity index (χ1n) is 8.04. The van der Waals surface area contributed by atoms with Crippen LogP contribution in [0.4, 0.5) is 0 Å². The van der Waals surface area contributed by atoms with Gasteiger partial charge in [0.15, 0.2) is 5.78 Å². The Labute approximate surface area is 141 Å². The van der Waals surface area contributed by atoms with Gasteiger partial charge in [0.1, 0.15) is 17.6 Å². The molecule has 0 radical (unpaired) electrons. The van der Waals surface area contributed by atoms with E-state index in [1.807, 2.05) is 6.07 Å². The lowest BCUT2D eigenvalue weighted by Crippen LogP contribution is -2.36. The molecule has 2 atom stereocenters. The zero-order valence-electron chi connectivity index (χ0n) is 14.2. The Balaban J connectivity index is 2.43. The predicted octanol–water partition coefficient (Wildman–Crippen LogP) is 1.72. The molecule has 0 bridgehead atoms. The molecular weight excluding hydrogens is 312 g/mol. The summed E-state index contributed by atoms with van der Waals surface area (Å²) in [6, 6.07) is 5.39. The van der Waals surface area contributed by atoms with E-state index in [1.54, 1.807) is 33.1 Å². The summed E-state index contributed by atoms with van der Waals surface area (Å²) < 4.78 is 15.3. The average Bonchev–Trinajstić information content (AvgIpc) is 2.71. The first kappa shape index (κ1) is 18.0. The van der Waals surface area contributed by atoms with Gasteiger partial charge in [0.25, 0.3) is 0 Å². The third-order valence-corrected chi connectivity index (χ3v) is 4.09. The highest BCUT2D eigenvalue weighted by Crippen LogP contribution is 2.30. The van der Waals surface area contributed by atoms with Gasteiger partial charge in [0.05, 0.1) is 20.3 Å². The summed E-state index contributed by atoms with van der Waals surface area (Å²) in [5.41, 5.74) is 1.65. The second-order valence-corrected chi connectivity index (χ2v) is 5.55. The summed E-state index contributed by atoms with van der Waals surface area (Å²) in [5, 5.41) is 0. The Kier molecular flexibility index (Phi) is 5.95. The van der Waals surface area contributed by atoms with Gasteiger partial charge < -0.3 is 14.2 Å². The highest BCUT2D eigenvalue weighted by Gasteiger charge is 2.41. The lowest BCUT2D eigenvalue weighted by atomic mass is 9.90. The number of Topliss-reactive ketones (excluding diaryl/α,β-unsaturated/α-hetero) is 1. The summed E-state index contributed by atoms with van der Waals surface area (Å²) >= 11 is 0. The summed E-state index contributed by atoms with van der Waals surface area (Å²) in [7, 11) is 1.55. The quantitative estimate of drug-likeness (QED) is 0.463. The fourth-order valence-corrected chi connectivity index (χ4v) is 2.89. The summed E-state index contributed by atoms with van der Waals surface area (Å²) in [6.07, 6.45) is 0.410. The number of ether oxygens (including phenoxy) is 3. The van der Waals surface area contributed by atoms with Crippen molar-refractivity contribution >= 4 is 17.7 Å². The number of benzene rings is 1. The molecule has 1 aromatic carbocycles. The van der Waals surface area contributed by atoms with E-state index in [0.29, 0.717) is 5.75 Å². The van der Waals surface area contributed by atoms with Crippen molar-refractivity contribution in [3.63, 3.8) is 0 Å². The van der Waals surface area contributed by atoms with Gasteiger partial charge in [0, 0.05) is 0 Å². The zero-order valence-corrected chi connectivity index (χ0v) is 14.2. The number of esters is 2. The van der Waals surface area contributed by atoms with Gasteiger partial charge in [0.2, 0.25) is 0 Å². The molecule has 0 heterocycles. The number of methoxy groups -OCH3 is 1. The van der Waals surface area contributed by atoms with E-state index in [1.165, 1.54) is 0 Å². The normalized spacial score (nSPS) is 19.9. The van der Waals surface area contributed by atoms with Crippen molar-refractivity contribution in [2.24, 2.45) is 11.8 Å². The Morgan fingerprint density at radius 1 is 1.00 bits per heavy atom. The monoisotopic (exact) mass is 334 g/mol. The van der Waals surface area contributed by atoms with E-state index in [2.05, 4.69) is 0 Å². The van der Waals surface area contributed by atoms with Gasteiger partial charge in [-0.1, -0.05) is 6.07 Å². The largest absolute Gasteiger partial charge is 0.497 e. The molecule has 6 nitrogen and oxygen atoms in total. The van der Waals surface area contributed by atoms with Gasteiger partial charge in [-0.15, -0.1) is 0 Å². The second-order valence-electron chi connectivity index (χ2n) is 5.55.